The third kappa shape index (κ3) is 4.24. The van der Waals surface area contributed by atoms with Crippen LogP contribution in [0.1, 0.15) is 68.2 Å². The van der Waals surface area contributed by atoms with Crippen molar-refractivity contribution in [2.24, 2.45) is 5.92 Å². The molecule has 0 saturated heterocycles. The van der Waals surface area contributed by atoms with Crippen molar-refractivity contribution in [1.29, 1.82) is 0 Å². The molecule has 3 aliphatic rings. The Hall–Kier alpha value is -3.80. The minimum Gasteiger partial charge on any atom is -0.496 e. The highest BCUT2D eigenvalue weighted by molar-refractivity contribution is 6.07. The van der Waals surface area contributed by atoms with Gasteiger partial charge in [0.1, 0.15) is 11.5 Å². The van der Waals surface area contributed by atoms with Crippen molar-refractivity contribution in [2.45, 2.75) is 56.9 Å². The third-order valence-electron chi connectivity index (χ3n) is 8.06. The number of furan rings is 1. The van der Waals surface area contributed by atoms with Crippen molar-refractivity contribution >= 4 is 23.1 Å². The first-order valence-corrected chi connectivity index (χ1v) is 13.3. The van der Waals surface area contributed by atoms with Gasteiger partial charge in [0.15, 0.2) is 5.78 Å². The molecule has 1 saturated carbocycles. The quantitative estimate of drug-likeness (QED) is 0.432. The summed E-state index contributed by atoms with van der Waals surface area (Å²) >= 11 is 0. The molecule has 37 heavy (non-hydrogen) atoms. The van der Waals surface area contributed by atoms with E-state index >= 15 is 0 Å². The number of fused-ring (bicyclic) bond motifs is 1. The summed E-state index contributed by atoms with van der Waals surface area (Å²) in [5, 5.41) is 3.59. The summed E-state index contributed by atoms with van der Waals surface area (Å²) in [6, 6.07) is 18.9. The van der Waals surface area contributed by atoms with Gasteiger partial charge in [-0.3, -0.25) is 14.5 Å². The lowest BCUT2D eigenvalue weighted by Gasteiger charge is -2.37. The summed E-state index contributed by atoms with van der Waals surface area (Å²) in [6.07, 6.45) is 7.65. The van der Waals surface area contributed by atoms with Gasteiger partial charge in [-0.2, -0.15) is 0 Å². The first-order valence-electron chi connectivity index (χ1n) is 13.3. The van der Waals surface area contributed by atoms with Gasteiger partial charge in [-0.1, -0.05) is 49.6 Å². The van der Waals surface area contributed by atoms with Gasteiger partial charge < -0.3 is 14.5 Å². The maximum absolute atomic E-state index is 14.4. The van der Waals surface area contributed by atoms with Crippen molar-refractivity contribution < 1.29 is 18.7 Å². The average Bonchev–Trinajstić information content (AvgIpc) is 3.43. The maximum atomic E-state index is 14.4. The lowest BCUT2D eigenvalue weighted by atomic mass is 9.79. The highest BCUT2D eigenvalue weighted by atomic mass is 16.5. The second-order valence-corrected chi connectivity index (χ2v) is 10.3. The lowest BCUT2D eigenvalue weighted by Crippen LogP contribution is -2.42. The SMILES string of the molecule is COc1ccccc1[C@@H]1C2=C(C[C@@H](c3ccco3)CC2=O)Nc2ccccc2N1C(=O)C1CCCCC1. The fourth-order valence-corrected chi connectivity index (χ4v) is 6.29. The molecular formula is C31H32N2O4. The number of hydrogen-bond acceptors (Lipinski definition) is 5. The zero-order chi connectivity index (χ0) is 25.4. The maximum Gasteiger partial charge on any atom is 0.231 e. The summed E-state index contributed by atoms with van der Waals surface area (Å²) in [7, 11) is 1.64. The standard InChI is InChI=1S/C31H32N2O4/c1-36-28-15-8-5-12-22(28)30-29-24(18-21(19-26(29)34)27-16-9-17-37-27)32-23-13-6-7-14-25(23)33(30)31(35)20-10-3-2-4-11-20/h5-9,12-17,20-21,30,32H,2-4,10-11,18-19H2,1H3/t21-,30-/m1/s1. The van der Waals surface area contributed by atoms with Gasteiger partial charge in [0.05, 0.1) is 30.8 Å². The van der Waals surface area contributed by atoms with E-state index in [0.717, 1.165) is 54.1 Å². The molecule has 1 N–H and O–H groups in total. The smallest absolute Gasteiger partial charge is 0.231 e. The number of hydrogen-bond donors (Lipinski definition) is 1. The fourth-order valence-electron chi connectivity index (χ4n) is 6.29. The molecule has 1 fully saturated rings. The van der Waals surface area contributed by atoms with Crippen LogP contribution in [-0.2, 0) is 9.59 Å². The number of amides is 1. The molecule has 0 unspecified atom stereocenters. The van der Waals surface area contributed by atoms with E-state index in [1.807, 2.05) is 65.6 Å². The molecule has 2 aliphatic carbocycles. The number of para-hydroxylation sites is 3. The first kappa shape index (κ1) is 23.6. The van der Waals surface area contributed by atoms with Crippen LogP contribution in [0.4, 0.5) is 11.4 Å². The van der Waals surface area contributed by atoms with Crippen LogP contribution in [0, 0.1) is 5.92 Å². The van der Waals surface area contributed by atoms with Crippen LogP contribution in [0.3, 0.4) is 0 Å². The van der Waals surface area contributed by atoms with Crippen LogP contribution in [-0.4, -0.2) is 18.8 Å². The lowest BCUT2D eigenvalue weighted by molar-refractivity contribution is -0.123. The first-order chi connectivity index (χ1) is 18.2. The second kappa shape index (κ2) is 9.92. The van der Waals surface area contributed by atoms with E-state index < -0.39 is 6.04 Å². The molecule has 2 aromatic carbocycles. The summed E-state index contributed by atoms with van der Waals surface area (Å²) in [5.74, 6) is 1.47. The molecule has 1 amide bonds. The van der Waals surface area contributed by atoms with Gasteiger partial charge >= 0.3 is 0 Å². The van der Waals surface area contributed by atoms with E-state index in [4.69, 9.17) is 9.15 Å². The number of anilines is 2. The van der Waals surface area contributed by atoms with Gasteiger partial charge in [0, 0.05) is 35.1 Å². The molecule has 1 aromatic heterocycles. The van der Waals surface area contributed by atoms with Crippen LogP contribution < -0.4 is 15.0 Å². The molecule has 0 bridgehead atoms. The number of ketones is 1. The Morgan fingerprint density at radius 2 is 1.76 bits per heavy atom. The number of allylic oxidation sites excluding steroid dienone is 1. The molecule has 1 aliphatic heterocycles. The number of Topliss-reactive ketones (excluding diaryl/α,β-unsaturated/α-hetero) is 1. The molecule has 6 rings (SSSR count). The molecule has 3 aromatic rings. The summed E-state index contributed by atoms with van der Waals surface area (Å²) in [5.41, 5.74) is 3.95. The van der Waals surface area contributed by atoms with E-state index in [1.54, 1.807) is 13.4 Å². The van der Waals surface area contributed by atoms with Crippen molar-refractivity contribution in [2.75, 3.05) is 17.3 Å². The molecular weight excluding hydrogens is 464 g/mol. The number of methoxy groups -OCH3 is 1. The second-order valence-electron chi connectivity index (χ2n) is 10.3. The van der Waals surface area contributed by atoms with Gasteiger partial charge in [-0.05, 0) is 49.6 Å². The number of nitrogens with zero attached hydrogens (tertiary/aromatic N) is 1. The summed E-state index contributed by atoms with van der Waals surface area (Å²) in [4.78, 5) is 30.3. The molecule has 6 nitrogen and oxygen atoms in total. The third-order valence-corrected chi connectivity index (χ3v) is 8.06. The molecule has 0 radical (unpaired) electrons. The van der Waals surface area contributed by atoms with Gasteiger partial charge in [-0.25, -0.2) is 0 Å². The van der Waals surface area contributed by atoms with Gasteiger partial charge in [0.25, 0.3) is 0 Å². The van der Waals surface area contributed by atoms with E-state index in [2.05, 4.69) is 5.32 Å². The van der Waals surface area contributed by atoms with Crippen LogP contribution >= 0.6 is 0 Å². The van der Waals surface area contributed by atoms with Gasteiger partial charge in [-0.15, -0.1) is 0 Å². The number of rotatable bonds is 4. The Bertz CT molecular complexity index is 1340. The summed E-state index contributed by atoms with van der Waals surface area (Å²) in [6.45, 7) is 0. The number of carbonyl (C=O) groups excluding carboxylic acids is 2. The Labute approximate surface area is 217 Å². The predicted octanol–water partition coefficient (Wildman–Crippen LogP) is 6.77. The normalized spacial score (nSPS) is 22.1. The van der Waals surface area contributed by atoms with Crippen LogP contribution in [0.5, 0.6) is 5.75 Å². The summed E-state index contributed by atoms with van der Waals surface area (Å²) < 4.78 is 11.5. The van der Waals surface area contributed by atoms with E-state index in [0.29, 0.717) is 24.2 Å². The monoisotopic (exact) mass is 496 g/mol. The number of benzene rings is 2. The van der Waals surface area contributed by atoms with E-state index in [9.17, 15) is 9.59 Å². The van der Waals surface area contributed by atoms with Crippen LogP contribution in [0.15, 0.2) is 82.6 Å². The van der Waals surface area contributed by atoms with Crippen molar-refractivity contribution in [3.8, 4) is 5.75 Å². The minimum absolute atomic E-state index is 0.0281. The van der Waals surface area contributed by atoms with Crippen molar-refractivity contribution in [3.63, 3.8) is 0 Å². The number of ether oxygens (including phenoxy) is 1. The van der Waals surface area contributed by atoms with Crippen LogP contribution in [0.2, 0.25) is 0 Å². The molecule has 190 valence electrons. The number of carbonyl (C=O) groups is 2. The van der Waals surface area contributed by atoms with E-state index in [-0.39, 0.29) is 23.5 Å². The van der Waals surface area contributed by atoms with Crippen molar-refractivity contribution in [1.82, 2.24) is 0 Å². The Kier molecular flexibility index (Phi) is 6.33. The van der Waals surface area contributed by atoms with Gasteiger partial charge in [0.2, 0.25) is 5.91 Å². The molecule has 0 spiro atoms. The van der Waals surface area contributed by atoms with Crippen molar-refractivity contribution in [3.05, 3.63) is 89.5 Å². The zero-order valence-electron chi connectivity index (χ0n) is 21.1. The highest BCUT2D eigenvalue weighted by Gasteiger charge is 2.44. The Morgan fingerprint density at radius 3 is 2.54 bits per heavy atom. The molecule has 2 heterocycles. The predicted molar refractivity (Wildman–Crippen MR) is 143 cm³/mol. The molecule has 2 atom stereocenters. The van der Waals surface area contributed by atoms with E-state index in [1.165, 1.54) is 6.42 Å². The highest BCUT2D eigenvalue weighted by Crippen LogP contribution is 2.49. The Balaban J connectivity index is 1.56. The van der Waals surface area contributed by atoms with Crippen LogP contribution in [0.25, 0.3) is 0 Å². The fraction of sp³-hybridized carbons (Fsp3) is 0.355. The largest absolute Gasteiger partial charge is 0.496 e. The Morgan fingerprint density at radius 1 is 0.973 bits per heavy atom. The minimum atomic E-state index is -0.582. The average molecular weight is 497 g/mol. The zero-order valence-corrected chi connectivity index (χ0v) is 21.1. The topological polar surface area (TPSA) is 71.8 Å². The molecule has 6 heteroatoms. The number of nitrogens with one attached hydrogen (secondary N) is 1.